The van der Waals surface area contributed by atoms with E-state index in [2.05, 4.69) is 0 Å². The Morgan fingerprint density at radius 2 is 1.96 bits per heavy atom. The zero-order valence-corrected chi connectivity index (χ0v) is 15.1. The maximum absolute atomic E-state index is 12.0. The van der Waals surface area contributed by atoms with Crippen molar-refractivity contribution in [2.24, 2.45) is 0 Å². The molecule has 2 rings (SSSR count). The maximum Gasteiger partial charge on any atom is 0.335 e. The Morgan fingerprint density at radius 1 is 1.28 bits per heavy atom. The Bertz CT molecular complexity index is 703. The van der Waals surface area contributed by atoms with Crippen molar-refractivity contribution in [2.75, 3.05) is 26.1 Å². The molecule has 1 aromatic rings. The van der Waals surface area contributed by atoms with E-state index in [0.717, 1.165) is 19.1 Å². The summed E-state index contributed by atoms with van der Waals surface area (Å²) >= 11 is 0. The van der Waals surface area contributed by atoms with Gasteiger partial charge in [-0.1, -0.05) is 0 Å². The van der Waals surface area contributed by atoms with E-state index in [4.69, 9.17) is 14.2 Å². The van der Waals surface area contributed by atoms with Crippen LogP contribution in [-0.2, 0) is 28.8 Å². The monoisotopic (exact) mass is 370 g/mol. The third kappa shape index (κ3) is 5.91. The number of benzene rings is 1. The van der Waals surface area contributed by atoms with Gasteiger partial charge in [-0.3, -0.25) is 4.79 Å². The van der Waals surface area contributed by atoms with Crippen LogP contribution in [-0.4, -0.2) is 58.5 Å². The van der Waals surface area contributed by atoms with Crippen molar-refractivity contribution in [3.8, 4) is 0 Å². The Morgan fingerprint density at radius 3 is 2.52 bits per heavy atom. The molecule has 0 bridgehead atoms. The first kappa shape index (κ1) is 19.6. The van der Waals surface area contributed by atoms with Gasteiger partial charge in [0.25, 0.3) is 0 Å². The molecule has 0 saturated carbocycles. The molecule has 0 radical (unpaired) electrons. The number of ether oxygens (including phenoxy) is 3. The van der Waals surface area contributed by atoms with E-state index in [1.54, 1.807) is 6.92 Å². The van der Waals surface area contributed by atoms with Gasteiger partial charge in [0.05, 0.1) is 17.6 Å². The number of rotatable bonds is 8. The van der Waals surface area contributed by atoms with Gasteiger partial charge in [0, 0.05) is 18.4 Å². The van der Waals surface area contributed by atoms with Crippen LogP contribution in [0.4, 0.5) is 0 Å². The topological polar surface area (TPSA) is 96.0 Å². The number of Topliss-reactive ketones (excluding diaryl/α,β-unsaturated/α-hetero) is 1. The van der Waals surface area contributed by atoms with Crippen molar-refractivity contribution in [3.05, 3.63) is 29.8 Å². The molecule has 1 heterocycles. The van der Waals surface area contributed by atoms with Gasteiger partial charge in [0.1, 0.15) is 0 Å². The van der Waals surface area contributed by atoms with E-state index in [1.165, 1.54) is 24.3 Å². The summed E-state index contributed by atoms with van der Waals surface area (Å²) in [6.45, 7) is 2.16. The molecule has 0 N–H and O–H groups in total. The van der Waals surface area contributed by atoms with Gasteiger partial charge in [-0.2, -0.15) is 0 Å². The molecular weight excluding hydrogens is 348 g/mol. The molecule has 0 spiro atoms. The van der Waals surface area contributed by atoms with E-state index in [1.807, 2.05) is 0 Å². The molecule has 138 valence electrons. The van der Waals surface area contributed by atoms with Crippen LogP contribution in [0.3, 0.4) is 0 Å². The lowest BCUT2D eigenvalue weighted by Crippen LogP contribution is -2.28. The van der Waals surface area contributed by atoms with Crippen molar-refractivity contribution in [2.45, 2.75) is 36.9 Å². The summed E-state index contributed by atoms with van der Waals surface area (Å²) in [5.41, 5.74) is 0.271. The lowest BCUT2D eigenvalue weighted by atomic mass is 10.1. The predicted octanol–water partition coefficient (Wildman–Crippen LogP) is 1.40. The van der Waals surface area contributed by atoms with Gasteiger partial charge < -0.3 is 14.2 Å². The van der Waals surface area contributed by atoms with Crippen LogP contribution in [0.15, 0.2) is 29.2 Å². The Balaban J connectivity index is 1.79. The number of sulfone groups is 1. The SMILES string of the molecule is CC(OCC1CCCO1)C(=O)OCC(=O)c1ccc(S(C)(=O)=O)cc1. The summed E-state index contributed by atoms with van der Waals surface area (Å²) < 4.78 is 38.5. The van der Waals surface area contributed by atoms with Crippen molar-refractivity contribution in [1.29, 1.82) is 0 Å². The number of ketones is 1. The highest BCUT2D eigenvalue weighted by molar-refractivity contribution is 7.90. The largest absolute Gasteiger partial charge is 0.455 e. The molecule has 1 fully saturated rings. The standard InChI is InChI=1S/C17H22O7S/c1-12(23-10-14-4-3-9-22-14)17(19)24-11-16(18)13-5-7-15(8-6-13)25(2,20)21/h5-8,12,14H,3-4,9-11H2,1-2H3. The van der Waals surface area contributed by atoms with Crippen molar-refractivity contribution in [1.82, 2.24) is 0 Å². The quantitative estimate of drug-likeness (QED) is 0.504. The highest BCUT2D eigenvalue weighted by Gasteiger charge is 2.21. The van der Waals surface area contributed by atoms with E-state index < -0.39 is 34.3 Å². The number of hydrogen-bond acceptors (Lipinski definition) is 7. The molecule has 0 aromatic heterocycles. The number of carbonyl (C=O) groups excluding carboxylic acids is 2. The molecule has 25 heavy (non-hydrogen) atoms. The third-order valence-electron chi connectivity index (χ3n) is 3.84. The van der Waals surface area contributed by atoms with Crippen LogP contribution in [0.5, 0.6) is 0 Å². The average Bonchev–Trinajstić information content (AvgIpc) is 3.10. The minimum atomic E-state index is -3.32. The Labute approximate surface area is 147 Å². The molecule has 2 unspecified atom stereocenters. The van der Waals surface area contributed by atoms with Crippen LogP contribution in [0, 0.1) is 0 Å². The number of hydrogen-bond donors (Lipinski definition) is 0. The van der Waals surface area contributed by atoms with E-state index >= 15 is 0 Å². The first-order valence-corrected chi connectivity index (χ1v) is 9.89. The lowest BCUT2D eigenvalue weighted by molar-refractivity contribution is -0.156. The van der Waals surface area contributed by atoms with Crippen LogP contribution in [0.1, 0.15) is 30.1 Å². The summed E-state index contributed by atoms with van der Waals surface area (Å²) in [6.07, 6.45) is 2.20. The van der Waals surface area contributed by atoms with E-state index in [9.17, 15) is 18.0 Å². The highest BCUT2D eigenvalue weighted by atomic mass is 32.2. The molecule has 1 aromatic carbocycles. The van der Waals surface area contributed by atoms with Crippen molar-refractivity contribution < 1.29 is 32.2 Å². The molecule has 1 saturated heterocycles. The molecule has 0 aliphatic carbocycles. The summed E-state index contributed by atoms with van der Waals surface area (Å²) in [6, 6.07) is 5.48. The van der Waals surface area contributed by atoms with Gasteiger partial charge in [0.2, 0.25) is 0 Å². The smallest absolute Gasteiger partial charge is 0.335 e. The molecule has 7 nitrogen and oxygen atoms in total. The van der Waals surface area contributed by atoms with Crippen molar-refractivity contribution >= 4 is 21.6 Å². The second-order valence-corrected chi connectivity index (χ2v) is 7.95. The highest BCUT2D eigenvalue weighted by Crippen LogP contribution is 2.13. The number of carbonyl (C=O) groups is 2. The fourth-order valence-electron chi connectivity index (χ4n) is 2.32. The van der Waals surface area contributed by atoms with E-state index in [-0.39, 0.29) is 16.6 Å². The zero-order chi connectivity index (χ0) is 18.4. The van der Waals surface area contributed by atoms with Gasteiger partial charge >= 0.3 is 5.97 Å². The van der Waals surface area contributed by atoms with Gasteiger partial charge in [-0.05, 0) is 44.0 Å². The van der Waals surface area contributed by atoms with Crippen LogP contribution >= 0.6 is 0 Å². The zero-order valence-electron chi connectivity index (χ0n) is 14.3. The fourth-order valence-corrected chi connectivity index (χ4v) is 2.95. The van der Waals surface area contributed by atoms with Gasteiger partial charge in [-0.25, -0.2) is 13.2 Å². The molecular formula is C17H22O7S. The first-order chi connectivity index (χ1) is 11.8. The summed E-state index contributed by atoms with van der Waals surface area (Å²) in [5, 5.41) is 0. The Kier molecular flexibility index (Phi) is 6.69. The molecule has 1 aliphatic rings. The normalized spacial score (nSPS) is 18.7. The summed E-state index contributed by atoms with van der Waals surface area (Å²) in [4.78, 5) is 24.0. The second-order valence-electron chi connectivity index (χ2n) is 5.94. The maximum atomic E-state index is 12.0. The minimum absolute atomic E-state index is 0.00485. The predicted molar refractivity (Wildman–Crippen MR) is 89.2 cm³/mol. The molecule has 1 aliphatic heterocycles. The fraction of sp³-hybridized carbons (Fsp3) is 0.529. The van der Waals surface area contributed by atoms with E-state index in [0.29, 0.717) is 13.2 Å². The molecule has 8 heteroatoms. The van der Waals surface area contributed by atoms with Crippen LogP contribution in [0.2, 0.25) is 0 Å². The summed E-state index contributed by atoms with van der Waals surface area (Å²) in [5.74, 6) is -1.04. The van der Waals surface area contributed by atoms with Crippen molar-refractivity contribution in [3.63, 3.8) is 0 Å². The van der Waals surface area contributed by atoms with Crippen LogP contribution < -0.4 is 0 Å². The molecule has 0 amide bonds. The number of esters is 1. The van der Waals surface area contributed by atoms with Gasteiger partial charge in [0.15, 0.2) is 28.3 Å². The summed E-state index contributed by atoms with van der Waals surface area (Å²) in [7, 11) is -3.32. The Hall–Kier alpha value is -1.77. The van der Waals surface area contributed by atoms with Gasteiger partial charge in [-0.15, -0.1) is 0 Å². The minimum Gasteiger partial charge on any atom is -0.455 e. The molecule has 2 atom stereocenters. The lowest BCUT2D eigenvalue weighted by Gasteiger charge is -2.15. The van der Waals surface area contributed by atoms with Crippen LogP contribution in [0.25, 0.3) is 0 Å². The average molecular weight is 370 g/mol. The second kappa shape index (κ2) is 8.55. The first-order valence-electron chi connectivity index (χ1n) is 8.00. The third-order valence-corrected chi connectivity index (χ3v) is 4.97.